The maximum atomic E-state index is 14.2. The number of primary amides is 1. The Morgan fingerprint density at radius 1 is 0.705 bits per heavy atom. The molecule has 14 heteroatoms. The molecule has 0 saturated carbocycles. The molecule has 4 amide bonds. The Hall–Kier alpha value is -5.96. The summed E-state index contributed by atoms with van der Waals surface area (Å²) in [5.41, 5.74) is 16.0. The summed E-state index contributed by atoms with van der Waals surface area (Å²) in [6, 6.07) is 31.4. The Bertz CT molecular complexity index is 2200. The smallest absolute Gasteiger partial charge is 0.326 e. The molecule has 5 atom stereocenters. The number of carboxylic acids is 1. The van der Waals surface area contributed by atoms with Gasteiger partial charge in [0.25, 0.3) is 0 Å². The summed E-state index contributed by atoms with van der Waals surface area (Å²) in [6.07, 6.45) is -0.00623. The van der Waals surface area contributed by atoms with Crippen LogP contribution in [0.1, 0.15) is 70.2 Å². The molecule has 0 aliphatic heterocycles. The van der Waals surface area contributed by atoms with Crippen molar-refractivity contribution in [1.29, 1.82) is 0 Å². The van der Waals surface area contributed by atoms with Gasteiger partial charge < -0.3 is 42.2 Å². The number of thioether (sulfide) groups is 1. The van der Waals surface area contributed by atoms with Crippen molar-refractivity contribution in [2.45, 2.75) is 99.8 Å². The lowest BCUT2D eigenvalue weighted by Gasteiger charge is -2.43. The Kier molecular flexibility index (Phi) is 14.8. The summed E-state index contributed by atoms with van der Waals surface area (Å²) in [5.74, 6) is -4.72. The fourth-order valence-corrected chi connectivity index (χ4v) is 9.18. The monoisotopic (exact) mass is 848 g/mol. The molecule has 5 rings (SSSR count). The number of ether oxygens (including phenoxy) is 1. The topological polar surface area (TPSA) is 219 Å². The van der Waals surface area contributed by atoms with Gasteiger partial charge >= 0.3 is 5.97 Å². The minimum Gasteiger partial charge on any atom is -0.480 e. The van der Waals surface area contributed by atoms with Crippen LogP contribution in [0.3, 0.4) is 0 Å². The molecule has 0 unspecified atom stereocenters. The normalized spacial score (nSPS) is 14.5. The fraction of sp³-hybridized carbons (Fsp3) is 0.340. The van der Waals surface area contributed by atoms with Crippen LogP contribution in [0.25, 0.3) is 10.9 Å². The van der Waals surface area contributed by atoms with Crippen molar-refractivity contribution in [2.75, 3.05) is 0 Å². The van der Waals surface area contributed by atoms with E-state index in [1.807, 2.05) is 129 Å². The van der Waals surface area contributed by atoms with Crippen LogP contribution >= 0.6 is 11.8 Å². The molecule has 4 aromatic carbocycles. The number of benzene rings is 4. The molecular weight excluding hydrogens is 793 g/mol. The first-order chi connectivity index (χ1) is 28.8. The highest BCUT2D eigenvalue weighted by molar-refractivity contribution is 8.02. The van der Waals surface area contributed by atoms with Crippen LogP contribution < -0.4 is 27.4 Å². The highest BCUT2D eigenvalue weighted by Gasteiger charge is 2.46. The second-order valence-corrected chi connectivity index (χ2v) is 18.4. The Labute approximate surface area is 360 Å². The maximum absolute atomic E-state index is 14.2. The van der Waals surface area contributed by atoms with E-state index in [1.54, 1.807) is 33.9 Å². The van der Waals surface area contributed by atoms with Crippen molar-refractivity contribution in [3.8, 4) is 0 Å². The number of para-hydroxylation sites is 1. The Morgan fingerprint density at radius 2 is 1.20 bits per heavy atom. The number of carbonyl (C=O) groups excluding carboxylic acids is 4. The van der Waals surface area contributed by atoms with Gasteiger partial charge in [-0.1, -0.05) is 109 Å². The van der Waals surface area contributed by atoms with E-state index in [0.29, 0.717) is 5.56 Å². The van der Waals surface area contributed by atoms with Crippen molar-refractivity contribution in [3.05, 3.63) is 144 Å². The molecule has 0 spiro atoms. The first-order valence-corrected chi connectivity index (χ1v) is 20.9. The van der Waals surface area contributed by atoms with Crippen molar-refractivity contribution in [1.82, 2.24) is 20.9 Å². The fourth-order valence-electron chi connectivity index (χ4n) is 7.40. The number of aromatic amines is 1. The van der Waals surface area contributed by atoms with Gasteiger partial charge in [0, 0.05) is 28.3 Å². The average Bonchev–Trinajstić information content (AvgIpc) is 3.63. The summed E-state index contributed by atoms with van der Waals surface area (Å²) in [5, 5.41) is 18.8. The number of nitrogens with one attached hydrogen (secondary N) is 4. The molecule has 1 heterocycles. The van der Waals surface area contributed by atoms with Gasteiger partial charge in [-0.25, -0.2) is 4.79 Å². The predicted molar refractivity (Wildman–Crippen MR) is 238 cm³/mol. The van der Waals surface area contributed by atoms with Crippen LogP contribution in [-0.4, -0.2) is 80.3 Å². The van der Waals surface area contributed by atoms with Crippen LogP contribution in [0.15, 0.2) is 121 Å². The van der Waals surface area contributed by atoms with Gasteiger partial charge in [-0.15, -0.1) is 11.8 Å². The van der Waals surface area contributed by atoms with E-state index in [4.69, 9.17) is 16.2 Å². The minimum absolute atomic E-state index is 0.0631. The number of fused-ring (bicyclic) bond motifs is 1. The first kappa shape index (κ1) is 46.1. The maximum Gasteiger partial charge on any atom is 0.326 e. The van der Waals surface area contributed by atoms with Crippen molar-refractivity contribution in [2.24, 2.45) is 11.5 Å². The van der Waals surface area contributed by atoms with Crippen LogP contribution in [0.5, 0.6) is 0 Å². The van der Waals surface area contributed by atoms with E-state index in [0.717, 1.165) is 27.6 Å². The molecule has 322 valence electrons. The number of aromatic nitrogens is 1. The third-order valence-electron chi connectivity index (χ3n) is 10.3. The highest BCUT2D eigenvalue weighted by atomic mass is 32.2. The van der Waals surface area contributed by atoms with Crippen LogP contribution in [0.2, 0.25) is 0 Å². The Balaban J connectivity index is 1.41. The zero-order valence-electron chi connectivity index (χ0n) is 35.3. The van der Waals surface area contributed by atoms with Gasteiger partial charge in [0.2, 0.25) is 23.6 Å². The van der Waals surface area contributed by atoms with Crippen molar-refractivity contribution in [3.63, 3.8) is 0 Å². The van der Waals surface area contributed by atoms with Crippen molar-refractivity contribution < 1.29 is 33.8 Å². The largest absolute Gasteiger partial charge is 0.480 e. The van der Waals surface area contributed by atoms with Gasteiger partial charge in [-0.3, -0.25) is 19.2 Å². The van der Waals surface area contributed by atoms with E-state index < -0.39 is 81.4 Å². The average molecular weight is 849 g/mol. The van der Waals surface area contributed by atoms with Gasteiger partial charge in [-0.2, -0.15) is 0 Å². The predicted octanol–water partition coefficient (Wildman–Crippen LogP) is 5.16. The second-order valence-electron chi connectivity index (χ2n) is 16.6. The summed E-state index contributed by atoms with van der Waals surface area (Å²) >= 11 is 1.48. The lowest BCUT2D eigenvalue weighted by atomic mass is 9.84. The molecule has 0 radical (unpaired) electrons. The number of H-pyrrole nitrogens is 1. The molecule has 0 fully saturated rings. The summed E-state index contributed by atoms with van der Waals surface area (Å²) in [7, 11) is 0. The molecular formula is C47H56N6O7S. The zero-order chi connectivity index (χ0) is 44.5. The summed E-state index contributed by atoms with van der Waals surface area (Å²) in [4.78, 5) is 70.4. The molecule has 61 heavy (non-hydrogen) atoms. The van der Waals surface area contributed by atoms with Gasteiger partial charge in [0.1, 0.15) is 18.1 Å². The van der Waals surface area contributed by atoms with Gasteiger partial charge in [0.05, 0.1) is 28.9 Å². The lowest BCUT2D eigenvalue weighted by Crippen LogP contribution is -2.62. The van der Waals surface area contributed by atoms with Crippen LogP contribution in [0, 0.1) is 0 Å². The van der Waals surface area contributed by atoms with Crippen LogP contribution in [0.4, 0.5) is 0 Å². The lowest BCUT2D eigenvalue weighted by molar-refractivity contribution is -0.145. The number of hydrogen-bond acceptors (Lipinski definition) is 8. The number of hydrogen-bond donors (Lipinski definition) is 7. The van der Waals surface area contributed by atoms with Gasteiger partial charge in [0.15, 0.2) is 0 Å². The third-order valence-corrected chi connectivity index (χ3v) is 12.1. The first-order valence-electron chi connectivity index (χ1n) is 20.1. The Morgan fingerprint density at radius 3 is 1.69 bits per heavy atom. The van der Waals surface area contributed by atoms with Gasteiger partial charge in [-0.05, 0) is 69.9 Å². The summed E-state index contributed by atoms with van der Waals surface area (Å²) < 4.78 is 4.20. The molecule has 0 aliphatic rings. The van der Waals surface area contributed by atoms with E-state index in [1.165, 1.54) is 11.8 Å². The van der Waals surface area contributed by atoms with E-state index in [9.17, 15) is 29.1 Å². The molecule has 0 saturated heterocycles. The quantitative estimate of drug-likeness (QED) is 0.0546. The molecule has 0 bridgehead atoms. The molecule has 13 nitrogen and oxygen atoms in total. The number of aliphatic carboxylic acids is 1. The molecule has 9 N–H and O–H groups in total. The highest BCUT2D eigenvalue weighted by Crippen LogP contribution is 2.53. The molecule has 5 aromatic rings. The standard InChI is InChI=1S/C47H56N6O7S/c1-29(60-45(2,3)4)39(42(56)52-37(44(58)59)26-30-28-50-35-25-17-16-24-34(30)35)53-41(55)36(27-38(48)54)51-43(57)40(49)46(5,6)61-47(31-18-10-7-11-19-31,32-20-12-8-13-21-32)33-22-14-9-15-23-33/h7-25,28-29,36-37,39-40,50H,26-27,49H2,1-6H3,(H2,48,54)(H,51,57)(H,52,56)(H,53,55)(H,58,59)/t29-,36+,37+,39+,40-/m1/s1. The zero-order valence-corrected chi connectivity index (χ0v) is 36.1. The summed E-state index contributed by atoms with van der Waals surface area (Å²) in [6.45, 7) is 10.5. The number of amides is 4. The molecule has 1 aromatic heterocycles. The molecule has 0 aliphatic carbocycles. The van der Waals surface area contributed by atoms with E-state index in [-0.39, 0.29) is 6.42 Å². The van der Waals surface area contributed by atoms with E-state index >= 15 is 0 Å². The number of nitrogens with two attached hydrogens (primary N) is 2. The minimum atomic E-state index is -1.56. The third kappa shape index (κ3) is 11.5. The number of carboxylic acid groups (broad SMARTS) is 1. The number of carbonyl (C=O) groups is 5. The van der Waals surface area contributed by atoms with E-state index in [2.05, 4.69) is 20.9 Å². The second kappa shape index (κ2) is 19.6. The van der Waals surface area contributed by atoms with Crippen molar-refractivity contribution >= 4 is 52.3 Å². The number of rotatable bonds is 19. The SMILES string of the molecule is C[C@@H](OC(C)(C)C)[C@H](NC(=O)[C@H](CC(N)=O)NC(=O)[C@@H](N)C(C)(C)SC(c1ccccc1)(c1ccccc1)c1ccccc1)C(=O)N[C@@H](Cc1c[nH]c2ccccc12)C(=O)O. The van der Waals surface area contributed by atoms with Crippen LogP contribution in [-0.2, 0) is 39.9 Å².